The van der Waals surface area contributed by atoms with Gasteiger partial charge in [0.25, 0.3) is 0 Å². The number of carbonyl (C=O) groups excluding carboxylic acids is 2. The predicted octanol–water partition coefficient (Wildman–Crippen LogP) is 5.12. The molecule has 0 saturated carbocycles. The van der Waals surface area contributed by atoms with E-state index in [0.717, 1.165) is 9.90 Å². The van der Waals surface area contributed by atoms with Gasteiger partial charge in [0, 0.05) is 35.8 Å². The Bertz CT molecular complexity index is 1040. The first-order valence-electron chi connectivity index (χ1n) is 9.71. The third kappa shape index (κ3) is 3.98. The molecule has 2 aliphatic rings. The molecule has 4 rings (SSSR count). The molecule has 30 heavy (non-hydrogen) atoms. The fraction of sp³-hybridized carbons (Fsp3) is 0.364. The molecule has 1 aliphatic heterocycles. The van der Waals surface area contributed by atoms with Crippen molar-refractivity contribution < 1.29 is 14.0 Å². The number of carbonyl (C=O) groups is 2. The normalized spacial score (nSPS) is 21.0. The topological polar surface area (TPSA) is 63.2 Å². The van der Waals surface area contributed by atoms with E-state index < -0.39 is 0 Å². The average Bonchev–Trinajstić information content (AvgIpc) is 3.13. The smallest absolute Gasteiger partial charge is 0.234 e. The van der Waals surface area contributed by atoms with Gasteiger partial charge in [0.1, 0.15) is 5.82 Å². The maximum absolute atomic E-state index is 13.4. The third-order valence-corrected chi connectivity index (χ3v) is 7.36. The summed E-state index contributed by atoms with van der Waals surface area (Å²) in [7, 11) is 0. The zero-order valence-electron chi connectivity index (χ0n) is 16.9. The average molecular weight is 444 g/mol. The number of nitrogens with zero attached hydrogens (tertiary/aromatic N) is 3. The standard InChI is InChI=1S/C22H22FN3O2S2/c1-4-9-29-21-25-24-20(30-21)26-16-11-22(2,3)12-17(27)19(16)15(10-18(26)28)13-5-7-14(23)8-6-13/h4-8,15H,1,9-12H2,2-3H3. The molecule has 0 radical (unpaired) electrons. The molecule has 2 aromatic rings. The Hall–Kier alpha value is -2.32. The van der Waals surface area contributed by atoms with Gasteiger partial charge in [0.2, 0.25) is 11.0 Å². The van der Waals surface area contributed by atoms with E-state index in [-0.39, 0.29) is 35.3 Å². The van der Waals surface area contributed by atoms with E-state index in [0.29, 0.717) is 35.0 Å². The fourth-order valence-corrected chi connectivity index (χ4v) is 5.74. The van der Waals surface area contributed by atoms with Gasteiger partial charge >= 0.3 is 0 Å². The Morgan fingerprint density at radius 3 is 2.70 bits per heavy atom. The number of halogens is 1. The number of ketones is 1. The van der Waals surface area contributed by atoms with Crippen molar-refractivity contribution in [2.75, 3.05) is 10.7 Å². The molecule has 5 nitrogen and oxygen atoms in total. The van der Waals surface area contributed by atoms with Gasteiger partial charge in [-0.1, -0.05) is 55.2 Å². The molecule has 156 valence electrons. The van der Waals surface area contributed by atoms with Gasteiger partial charge in [-0.05, 0) is 29.5 Å². The highest BCUT2D eigenvalue weighted by Gasteiger charge is 2.45. The minimum Gasteiger partial charge on any atom is -0.294 e. The SMILES string of the molecule is C=CCSc1nnc(N2C(=O)CC(c3ccc(F)cc3)C3=C2CC(C)(C)CC3=O)s1. The Morgan fingerprint density at radius 1 is 1.27 bits per heavy atom. The first-order valence-corrected chi connectivity index (χ1v) is 11.5. The van der Waals surface area contributed by atoms with Crippen LogP contribution in [0.1, 0.15) is 44.6 Å². The van der Waals surface area contributed by atoms with Crippen LogP contribution < -0.4 is 4.90 Å². The minimum absolute atomic E-state index is 0.0406. The summed E-state index contributed by atoms with van der Waals surface area (Å²) in [6.45, 7) is 7.77. The van der Waals surface area contributed by atoms with Crippen LogP contribution in [-0.4, -0.2) is 27.6 Å². The maximum Gasteiger partial charge on any atom is 0.234 e. The van der Waals surface area contributed by atoms with Gasteiger partial charge in [-0.25, -0.2) is 4.39 Å². The summed E-state index contributed by atoms with van der Waals surface area (Å²) in [5.41, 5.74) is 1.88. The van der Waals surface area contributed by atoms with Crippen molar-refractivity contribution in [1.82, 2.24) is 10.2 Å². The highest BCUT2D eigenvalue weighted by molar-refractivity contribution is 8.01. The maximum atomic E-state index is 13.4. The molecule has 0 N–H and O–H groups in total. The quantitative estimate of drug-likeness (QED) is 0.365. The molecule has 2 heterocycles. The summed E-state index contributed by atoms with van der Waals surface area (Å²) >= 11 is 2.85. The molecule has 1 aromatic carbocycles. The minimum atomic E-state index is -0.365. The van der Waals surface area contributed by atoms with Crippen LogP contribution in [0.5, 0.6) is 0 Å². The summed E-state index contributed by atoms with van der Waals surface area (Å²) in [6, 6.07) is 6.07. The van der Waals surface area contributed by atoms with Crippen molar-refractivity contribution in [3.63, 3.8) is 0 Å². The lowest BCUT2D eigenvalue weighted by Crippen LogP contribution is -2.43. The molecule has 1 unspecified atom stereocenters. The van der Waals surface area contributed by atoms with Crippen molar-refractivity contribution >= 4 is 39.9 Å². The Labute approximate surface area is 183 Å². The number of rotatable bonds is 5. The van der Waals surface area contributed by atoms with Crippen LogP contribution in [-0.2, 0) is 9.59 Å². The molecule has 0 bridgehead atoms. The van der Waals surface area contributed by atoms with E-state index in [9.17, 15) is 14.0 Å². The van der Waals surface area contributed by atoms with Crippen LogP contribution in [0.4, 0.5) is 9.52 Å². The highest BCUT2D eigenvalue weighted by atomic mass is 32.2. The van der Waals surface area contributed by atoms with Crippen LogP contribution in [0.15, 0.2) is 52.5 Å². The second-order valence-corrected chi connectivity index (χ2v) is 10.5. The number of Topliss-reactive ketones (excluding diaryl/α,β-unsaturated/α-hetero) is 1. The molecule has 1 amide bonds. The third-order valence-electron chi connectivity index (χ3n) is 5.33. The van der Waals surface area contributed by atoms with E-state index in [1.807, 2.05) is 13.8 Å². The number of benzene rings is 1. The number of hydrogen-bond donors (Lipinski definition) is 0. The summed E-state index contributed by atoms with van der Waals surface area (Å²) in [5, 5.41) is 8.91. The van der Waals surface area contributed by atoms with Gasteiger partial charge in [-0.3, -0.25) is 14.5 Å². The number of hydrogen-bond acceptors (Lipinski definition) is 6. The van der Waals surface area contributed by atoms with E-state index >= 15 is 0 Å². The molecule has 1 aliphatic carbocycles. The Kier molecular flexibility index (Phi) is 5.63. The number of anilines is 1. The van der Waals surface area contributed by atoms with E-state index in [4.69, 9.17) is 0 Å². The van der Waals surface area contributed by atoms with Crippen molar-refractivity contribution in [2.24, 2.45) is 5.41 Å². The molecule has 0 spiro atoms. The van der Waals surface area contributed by atoms with Crippen LogP contribution in [0.3, 0.4) is 0 Å². The van der Waals surface area contributed by atoms with Crippen LogP contribution in [0.25, 0.3) is 0 Å². The summed E-state index contributed by atoms with van der Waals surface area (Å²) < 4.78 is 14.2. The van der Waals surface area contributed by atoms with Crippen LogP contribution >= 0.6 is 23.1 Å². The van der Waals surface area contributed by atoms with Gasteiger partial charge in [-0.2, -0.15) is 0 Å². The molecule has 0 saturated heterocycles. The molecular formula is C22H22FN3O2S2. The Morgan fingerprint density at radius 2 is 2.00 bits per heavy atom. The van der Waals surface area contributed by atoms with Gasteiger partial charge in [0.05, 0.1) is 0 Å². The molecule has 8 heteroatoms. The van der Waals surface area contributed by atoms with E-state index in [1.54, 1.807) is 23.1 Å². The second-order valence-electron chi connectivity index (χ2n) is 8.29. The molecule has 0 fully saturated rings. The van der Waals surface area contributed by atoms with Gasteiger partial charge in [-0.15, -0.1) is 16.8 Å². The zero-order chi connectivity index (χ0) is 21.5. The largest absolute Gasteiger partial charge is 0.294 e. The second kappa shape index (κ2) is 8.07. The lowest BCUT2D eigenvalue weighted by molar-refractivity contribution is -0.121. The number of thioether (sulfide) groups is 1. The van der Waals surface area contributed by atoms with E-state index in [1.165, 1.54) is 35.2 Å². The summed E-state index contributed by atoms with van der Waals surface area (Å²) in [5.74, 6) is -0.0835. The first kappa shape index (κ1) is 20.9. The lowest BCUT2D eigenvalue weighted by atomic mass is 9.69. The monoisotopic (exact) mass is 443 g/mol. The summed E-state index contributed by atoms with van der Waals surface area (Å²) in [4.78, 5) is 28.1. The van der Waals surface area contributed by atoms with Gasteiger partial charge in [0.15, 0.2) is 10.1 Å². The lowest BCUT2D eigenvalue weighted by Gasteiger charge is -2.41. The first-order chi connectivity index (χ1) is 14.3. The molecule has 1 aromatic heterocycles. The van der Waals surface area contributed by atoms with Crippen LogP contribution in [0, 0.1) is 11.2 Å². The number of allylic oxidation sites excluding steroid dienone is 2. The number of amides is 1. The molecular weight excluding hydrogens is 421 g/mol. The fourth-order valence-electron chi connectivity index (χ4n) is 4.10. The highest BCUT2D eigenvalue weighted by Crippen LogP contribution is 2.48. The van der Waals surface area contributed by atoms with Gasteiger partial charge < -0.3 is 0 Å². The Balaban J connectivity index is 1.81. The van der Waals surface area contributed by atoms with Crippen molar-refractivity contribution in [3.8, 4) is 0 Å². The van der Waals surface area contributed by atoms with Crippen molar-refractivity contribution in [3.05, 3.63) is 59.6 Å². The van der Waals surface area contributed by atoms with Crippen LogP contribution in [0.2, 0.25) is 0 Å². The zero-order valence-corrected chi connectivity index (χ0v) is 18.5. The summed E-state index contributed by atoms with van der Waals surface area (Å²) in [6.07, 6.45) is 2.94. The predicted molar refractivity (Wildman–Crippen MR) is 117 cm³/mol. The molecule has 1 atom stereocenters. The van der Waals surface area contributed by atoms with Crippen molar-refractivity contribution in [2.45, 2.75) is 43.4 Å². The van der Waals surface area contributed by atoms with E-state index in [2.05, 4.69) is 16.8 Å². The number of aromatic nitrogens is 2. The van der Waals surface area contributed by atoms with Crippen molar-refractivity contribution in [1.29, 1.82) is 0 Å².